The van der Waals surface area contributed by atoms with Gasteiger partial charge in [-0.05, 0) is 18.2 Å². The van der Waals surface area contributed by atoms with E-state index in [4.69, 9.17) is 32.7 Å². The molecule has 2 rings (SSSR count). The van der Waals surface area contributed by atoms with Gasteiger partial charge in [-0.25, -0.2) is 9.78 Å². The molecule has 1 aromatic carbocycles. The molecule has 1 aromatic heterocycles. The van der Waals surface area contributed by atoms with Crippen molar-refractivity contribution in [1.29, 1.82) is 0 Å². The van der Waals surface area contributed by atoms with E-state index < -0.39 is 0 Å². The highest BCUT2D eigenvalue weighted by molar-refractivity contribution is 6.42. The van der Waals surface area contributed by atoms with Crippen molar-refractivity contribution >= 4 is 52.4 Å². The van der Waals surface area contributed by atoms with E-state index in [1.807, 2.05) is 0 Å². The normalized spacial score (nSPS) is 10.5. The van der Waals surface area contributed by atoms with Crippen molar-refractivity contribution in [1.82, 2.24) is 15.3 Å². The minimum Gasteiger partial charge on any atom is -0.383 e. The third-order valence-electron chi connectivity index (χ3n) is 3.82. The van der Waals surface area contributed by atoms with Gasteiger partial charge in [0.2, 0.25) is 5.95 Å². The number of aromatic nitrogens is 2. The number of carbonyl (C=O) groups excluding carboxylic acids is 1. The summed E-state index contributed by atoms with van der Waals surface area (Å²) in [4.78, 5) is 22.9. The number of halogens is 2. The first-order valence-corrected chi connectivity index (χ1v) is 9.55. The maximum absolute atomic E-state index is 12.6. The molecule has 11 heteroatoms. The molecule has 0 aliphatic carbocycles. The average Bonchev–Trinajstić information content (AvgIpc) is 2.72. The van der Waals surface area contributed by atoms with Crippen LogP contribution < -0.4 is 20.9 Å². The third kappa shape index (κ3) is 6.60. The van der Waals surface area contributed by atoms with Gasteiger partial charge in [0.25, 0.3) is 0 Å². The Labute approximate surface area is 179 Å². The molecule has 29 heavy (non-hydrogen) atoms. The average molecular weight is 443 g/mol. The number of amides is 2. The largest absolute Gasteiger partial charge is 0.383 e. The summed E-state index contributed by atoms with van der Waals surface area (Å²) in [6.07, 6.45) is 1.56. The van der Waals surface area contributed by atoms with Crippen molar-refractivity contribution in [3.8, 4) is 0 Å². The first-order chi connectivity index (χ1) is 14.0. The zero-order valence-electron chi connectivity index (χ0n) is 16.5. The van der Waals surface area contributed by atoms with Crippen molar-refractivity contribution in [3.05, 3.63) is 34.4 Å². The van der Waals surface area contributed by atoms with Crippen LogP contribution in [0.5, 0.6) is 0 Å². The zero-order valence-corrected chi connectivity index (χ0v) is 18.0. The standard InChI is InChI=1S/C18H24Cl2N6O3/c1-21-16-15(26(7-9-29-3)18(27)22-6-8-28-2)11-23-17(25-16)24-12-4-5-13(19)14(20)10-12/h4-5,10-11H,6-9H2,1-3H3,(H,22,27)(H2,21,23,24,25). The smallest absolute Gasteiger partial charge is 0.322 e. The number of anilines is 4. The summed E-state index contributed by atoms with van der Waals surface area (Å²) >= 11 is 12.0. The van der Waals surface area contributed by atoms with Crippen LogP contribution in [0.4, 0.5) is 27.9 Å². The number of rotatable bonds is 10. The molecule has 0 fully saturated rings. The molecule has 3 N–H and O–H groups in total. The molecule has 0 atom stereocenters. The van der Waals surface area contributed by atoms with Crippen molar-refractivity contribution < 1.29 is 14.3 Å². The number of benzene rings is 1. The third-order valence-corrected chi connectivity index (χ3v) is 4.56. The number of nitrogens with one attached hydrogen (secondary N) is 3. The molecule has 2 amide bonds. The lowest BCUT2D eigenvalue weighted by Crippen LogP contribution is -2.43. The fraction of sp³-hybridized carbons (Fsp3) is 0.389. The minimum absolute atomic E-state index is 0.301. The van der Waals surface area contributed by atoms with Crippen LogP contribution in [-0.2, 0) is 9.47 Å². The van der Waals surface area contributed by atoms with Gasteiger partial charge in [-0.1, -0.05) is 23.2 Å². The predicted octanol–water partition coefficient (Wildman–Crippen LogP) is 3.38. The van der Waals surface area contributed by atoms with Gasteiger partial charge in [0.15, 0.2) is 5.82 Å². The van der Waals surface area contributed by atoms with E-state index in [1.54, 1.807) is 45.7 Å². The van der Waals surface area contributed by atoms with Crippen LogP contribution in [0.25, 0.3) is 0 Å². The summed E-state index contributed by atoms with van der Waals surface area (Å²) in [7, 11) is 4.86. The van der Waals surface area contributed by atoms with Crippen LogP contribution in [0, 0.1) is 0 Å². The summed E-state index contributed by atoms with van der Waals surface area (Å²) in [5.74, 6) is 0.809. The second kappa shape index (κ2) is 11.6. The van der Waals surface area contributed by atoms with E-state index in [0.29, 0.717) is 59.5 Å². The number of hydrogen-bond acceptors (Lipinski definition) is 7. The predicted molar refractivity (Wildman–Crippen MR) is 116 cm³/mol. The molecule has 0 saturated carbocycles. The molecule has 0 aliphatic rings. The van der Waals surface area contributed by atoms with E-state index in [0.717, 1.165) is 0 Å². The van der Waals surface area contributed by atoms with Crippen molar-refractivity contribution in [2.24, 2.45) is 0 Å². The monoisotopic (exact) mass is 442 g/mol. The lowest BCUT2D eigenvalue weighted by atomic mass is 10.3. The van der Waals surface area contributed by atoms with Crippen molar-refractivity contribution in [2.75, 3.05) is 63.1 Å². The Morgan fingerprint density at radius 3 is 2.59 bits per heavy atom. The first kappa shape index (κ1) is 23.0. The van der Waals surface area contributed by atoms with Gasteiger partial charge in [0, 0.05) is 33.5 Å². The Balaban J connectivity index is 2.24. The van der Waals surface area contributed by atoms with E-state index in [2.05, 4.69) is 25.9 Å². The van der Waals surface area contributed by atoms with Crippen LogP contribution in [-0.4, -0.2) is 63.6 Å². The number of ether oxygens (including phenoxy) is 2. The molecule has 0 radical (unpaired) electrons. The molecule has 0 spiro atoms. The second-order valence-electron chi connectivity index (χ2n) is 5.80. The highest BCUT2D eigenvalue weighted by atomic mass is 35.5. The Kier molecular flexibility index (Phi) is 9.20. The molecule has 9 nitrogen and oxygen atoms in total. The number of urea groups is 1. The van der Waals surface area contributed by atoms with E-state index in [-0.39, 0.29) is 6.03 Å². The van der Waals surface area contributed by atoms with E-state index in [1.165, 1.54) is 4.90 Å². The lowest BCUT2D eigenvalue weighted by molar-refractivity contribution is 0.193. The Bertz CT molecular complexity index is 824. The highest BCUT2D eigenvalue weighted by Crippen LogP contribution is 2.28. The molecule has 158 valence electrons. The maximum Gasteiger partial charge on any atom is 0.322 e. The number of nitrogens with zero attached hydrogens (tertiary/aromatic N) is 3. The first-order valence-electron chi connectivity index (χ1n) is 8.80. The molecule has 2 aromatic rings. The summed E-state index contributed by atoms with van der Waals surface area (Å²) in [6, 6.07) is 4.81. The summed E-state index contributed by atoms with van der Waals surface area (Å²) in [5, 5.41) is 9.72. The highest BCUT2D eigenvalue weighted by Gasteiger charge is 2.20. The Morgan fingerprint density at radius 2 is 1.93 bits per heavy atom. The van der Waals surface area contributed by atoms with Gasteiger partial charge in [0.1, 0.15) is 5.69 Å². The van der Waals surface area contributed by atoms with Gasteiger partial charge < -0.3 is 25.4 Å². The van der Waals surface area contributed by atoms with Crippen molar-refractivity contribution in [3.63, 3.8) is 0 Å². The topological polar surface area (TPSA) is 101 Å². The zero-order chi connectivity index (χ0) is 21.2. The minimum atomic E-state index is -0.301. The van der Waals surface area contributed by atoms with Crippen LogP contribution in [0.2, 0.25) is 10.0 Å². The number of hydrogen-bond donors (Lipinski definition) is 3. The Morgan fingerprint density at radius 1 is 1.17 bits per heavy atom. The SMILES string of the molecule is CNc1nc(Nc2ccc(Cl)c(Cl)c2)ncc1N(CCOC)C(=O)NCCOC. The van der Waals surface area contributed by atoms with Crippen LogP contribution >= 0.6 is 23.2 Å². The van der Waals surface area contributed by atoms with E-state index in [9.17, 15) is 4.79 Å². The molecular weight excluding hydrogens is 419 g/mol. The molecule has 0 unspecified atom stereocenters. The number of carbonyl (C=O) groups is 1. The Hall–Kier alpha value is -2.33. The van der Waals surface area contributed by atoms with Crippen molar-refractivity contribution in [2.45, 2.75) is 0 Å². The fourth-order valence-electron chi connectivity index (χ4n) is 2.39. The summed E-state index contributed by atoms with van der Waals surface area (Å²) < 4.78 is 10.1. The fourth-order valence-corrected chi connectivity index (χ4v) is 2.69. The summed E-state index contributed by atoms with van der Waals surface area (Å²) in [5.41, 5.74) is 1.20. The lowest BCUT2D eigenvalue weighted by Gasteiger charge is -2.24. The van der Waals surface area contributed by atoms with E-state index >= 15 is 0 Å². The molecule has 1 heterocycles. The quantitative estimate of drug-likeness (QED) is 0.484. The van der Waals surface area contributed by atoms with Gasteiger partial charge >= 0.3 is 6.03 Å². The maximum atomic E-state index is 12.6. The van der Waals surface area contributed by atoms with Crippen LogP contribution in [0.15, 0.2) is 24.4 Å². The number of methoxy groups -OCH3 is 2. The van der Waals surface area contributed by atoms with Crippen LogP contribution in [0.1, 0.15) is 0 Å². The molecule has 0 bridgehead atoms. The second-order valence-corrected chi connectivity index (χ2v) is 6.61. The molecular formula is C18H24Cl2N6O3. The summed E-state index contributed by atoms with van der Waals surface area (Å²) in [6.45, 7) is 1.47. The van der Waals surface area contributed by atoms with Crippen LogP contribution in [0.3, 0.4) is 0 Å². The van der Waals surface area contributed by atoms with Gasteiger partial charge in [-0.3, -0.25) is 4.90 Å². The van der Waals surface area contributed by atoms with Gasteiger partial charge in [-0.2, -0.15) is 4.98 Å². The van der Waals surface area contributed by atoms with Gasteiger partial charge in [0.05, 0.1) is 36.0 Å². The molecule has 0 aliphatic heterocycles. The van der Waals surface area contributed by atoms with Gasteiger partial charge in [-0.15, -0.1) is 0 Å². The molecule has 0 saturated heterocycles.